The molecule has 5 heteroatoms. The van der Waals surface area contributed by atoms with Gasteiger partial charge in [-0.05, 0) is 41.0 Å². The Morgan fingerprint density at radius 2 is 1.17 bits per heavy atom. The molecule has 2 atom stereocenters. The number of hydrogen-bond donors (Lipinski definition) is 1. The van der Waals surface area contributed by atoms with Crippen molar-refractivity contribution in [3.8, 4) is 0 Å². The lowest BCUT2D eigenvalue weighted by molar-refractivity contribution is -0.113. The van der Waals surface area contributed by atoms with Gasteiger partial charge < -0.3 is 14.6 Å². The minimum atomic E-state index is -0.576. The Balaban J connectivity index is 3.86. The second-order valence-electron chi connectivity index (χ2n) is 4.97. The standard InChI is InChI=1S/C13H30N2O3/c1-7-12(14(3)4)17-9-11(16)10-18-13(8-2)15(5)6/h11-13,16H,7-10H2,1-6H3. The summed E-state index contributed by atoms with van der Waals surface area (Å²) < 4.78 is 11.2. The summed E-state index contributed by atoms with van der Waals surface area (Å²) in [5, 5.41) is 9.81. The van der Waals surface area contributed by atoms with E-state index in [2.05, 4.69) is 13.8 Å². The van der Waals surface area contributed by atoms with Crippen molar-refractivity contribution in [3.63, 3.8) is 0 Å². The molecule has 2 unspecified atom stereocenters. The zero-order chi connectivity index (χ0) is 14.1. The lowest BCUT2D eigenvalue weighted by Crippen LogP contribution is -2.36. The van der Waals surface area contributed by atoms with Gasteiger partial charge in [-0.1, -0.05) is 13.8 Å². The zero-order valence-electron chi connectivity index (χ0n) is 12.7. The maximum atomic E-state index is 9.81. The highest BCUT2D eigenvalue weighted by molar-refractivity contribution is 4.58. The second kappa shape index (κ2) is 9.69. The van der Waals surface area contributed by atoms with Gasteiger partial charge in [0.2, 0.25) is 0 Å². The van der Waals surface area contributed by atoms with Crippen LogP contribution in [0.2, 0.25) is 0 Å². The summed E-state index contributed by atoms with van der Waals surface area (Å²) in [6.07, 6.45) is 1.32. The largest absolute Gasteiger partial charge is 0.388 e. The SMILES string of the molecule is CCC(OCC(O)COC(CC)N(C)C)N(C)C. The Morgan fingerprint density at radius 3 is 1.39 bits per heavy atom. The predicted molar refractivity (Wildman–Crippen MR) is 73.4 cm³/mol. The minimum Gasteiger partial charge on any atom is -0.388 e. The first-order chi connectivity index (χ1) is 8.42. The third kappa shape index (κ3) is 7.28. The van der Waals surface area contributed by atoms with Crippen LogP contribution < -0.4 is 0 Å². The number of aliphatic hydroxyl groups excluding tert-OH is 1. The summed E-state index contributed by atoms with van der Waals surface area (Å²) in [5.74, 6) is 0. The number of rotatable bonds is 10. The van der Waals surface area contributed by atoms with Crippen molar-refractivity contribution >= 4 is 0 Å². The van der Waals surface area contributed by atoms with E-state index >= 15 is 0 Å². The fourth-order valence-electron chi connectivity index (χ4n) is 1.76. The van der Waals surface area contributed by atoms with Crippen molar-refractivity contribution < 1.29 is 14.6 Å². The smallest absolute Gasteiger partial charge is 0.109 e. The molecule has 0 saturated heterocycles. The van der Waals surface area contributed by atoms with Gasteiger partial charge >= 0.3 is 0 Å². The van der Waals surface area contributed by atoms with Crippen LogP contribution in [0.25, 0.3) is 0 Å². The van der Waals surface area contributed by atoms with Crippen molar-refractivity contribution in [1.82, 2.24) is 9.80 Å². The monoisotopic (exact) mass is 262 g/mol. The molecule has 0 aromatic rings. The molecule has 0 fully saturated rings. The molecule has 0 aromatic carbocycles. The molecule has 5 nitrogen and oxygen atoms in total. The van der Waals surface area contributed by atoms with E-state index in [1.54, 1.807) is 0 Å². The number of ether oxygens (including phenoxy) is 2. The Kier molecular flexibility index (Phi) is 9.59. The van der Waals surface area contributed by atoms with E-state index in [0.29, 0.717) is 13.2 Å². The fourth-order valence-corrected chi connectivity index (χ4v) is 1.76. The third-order valence-corrected chi connectivity index (χ3v) is 2.81. The summed E-state index contributed by atoms with van der Waals surface area (Å²) in [5.41, 5.74) is 0. The molecule has 0 saturated carbocycles. The Labute approximate surface area is 112 Å². The van der Waals surface area contributed by atoms with Gasteiger partial charge in [-0.15, -0.1) is 0 Å². The van der Waals surface area contributed by atoms with Crippen LogP contribution >= 0.6 is 0 Å². The van der Waals surface area contributed by atoms with E-state index in [9.17, 15) is 5.11 Å². The van der Waals surface area contributed by atoms with Crippen LogP contribution in [0.1, 0.15) is 26.7 Å². The van der Waals surface area contributed by atoms with Crippen LogP contribution in [0.5, 0.6) is 0 Å². The highest BCUT2D eigenvalue weighted by atomic mass is 16.5. The summed E-state index contributed by atoms with van der Waals surface area (Å²) in [7, 11) is 7.87. The molecule has 0 spiro atoms. The van der Waals surface area contributed by atoms with Crippen molar-refractivity contribution in [2.75, 3.05) is 41.4 Å². The maximum Gasteiger partial charge on any atom is 0.109 e. The van der Waals surface area contributed by atoms with Gasteiger partial charge in [0.15, 0.2) is 0 Å². The normalized spacial score (nSPS) is 17.2. The number of hydrogen-bond acceptors (Lipinski definition) is 5. The Morgan fingerprint density at radius 1 is 0.833 bits per heavy atom. The Bertz CT molecular complexity index is 181. The molecule has 18 heavy (non-hydrogen) atoms. The summed E-state index contributed by atoms with van der Waals surface area (Å²) in [4.78, 5) is 4.00. The summed E-state index contributed by atoms with van der Waals surface area (Å²) in [6, 6.07) is 0. The molecule has 0 aromatic heterocycles. The molecule has 0 aliphatic carbocycles. The van der Waals surface area contributed by atoms with Gasteiger partial charge in [0.1, 0.15) is 18.6 Å². The quantitative estimate of drug-likeness (QED) is 0.595. The third-order valence-electron chi connectivity index (χ3n) is 2.81. The van der Waals surface area contributed by atoms with Crippen LogP contribution in [0, 0.1) is 0 Å². The zero-order valence-corrected chi connectivity index (χ0v) is 12.7. The molecule has 0 heterocycles. The Hall–Kier alpha value is -0.200. The molecule has 0 bridgehead atoms. The number of aliphatic hydroxyl groups is 1. The first-order valence-electron chi connectivity index (χ1n) is 6.66. The second-order valence-corrected chi connectivity index (χ2v) is 4.97. The fraction of sp³-hybridized carbons (Fsp3) is 1.00. The van der Waals surface area contributed by atoms with Crippen LogP contribution in [0.3, 0.4) is 0 Å². The van der Waals surface area contributed by atoms with Gasteiger partial charge in [0, 0.05) is 0 Å². The van der Waals surface area contributed by atoms with E-state index < -0.39 is 6.10 Å². The minimum absolute atomic E-state index is 0.0514. The average Bonchev–Trinajstić information content (AvgIpc) is 2.29. The lowest BCUT2D eigenvalue weighted by Gasteiger charge is -2.26. The van der Waals surface area contributed by atoms with Gasteiger partial charge in [0.05, 0.1) is 13.2 Å². The van der Waals surface area contributed by atoms with E-state index in [-0.39, 0.29) is 12.5 Å². The molecule has 110 valence electrons. The first kappa shape index (κ1) is 17.8. The molecular weight excluding hydrogens is 232 g/mol. The van der Waals surface area contributed by atoms with Crippen molar-refractivity contribution in [2.45, 2.75) is 45.2 Å². The van der Waals surface area contributed by atoms with Gasteiger partial charge in [0.25, 0.3) is 0 Å². The van der Waals surface area contributed by atoms with E-state index in [1.807, 2.05) is 38.0 Å². The molecule has 0 rings (SSSR count). The first-order valence-corrected chi connectivity index (χ1v) is 6.66. The number of nitrogens with zero attached hydrogens (tertiary/aromatic N) is 2. The topological polar surface area (TPSA) is 45.2 Å². The van der Waals surface area contributed by atoms with Crippen molar-refractivity contribution in [3.05, 3.63) is 0 Å². The summed E-state index contributed by atoms with van der Waals surface area (Å²) >= 11 is 0. The van der Waals surface area contributed by atoms with E-state index in [4.69, 9.17) is 9.47 Å². The van der Waals surface area contributed by atoms with Gasteiger partial charge in [-0.2, -0.15) is 0 Å². The molecule has 0 radical (unpaired) electrons. The molecule has 0 amide bonds. The predicted octanol–water partition coefficient (Wildman–Crippen LogP) is 0.976. The summed E-state index contributed by atoms with van der Waals surface area (Å²) in [6.45, 7) is 4.74. The molecule has 1 N–H and O–H groups in total. The van der Waals surface area contributed by atoms with Crippen molar-refractivity contribution in [1.29, 1.82) is 0 Å². The van der Waals surface area contributed by atoms with E-state index in [1.165, 1.54) is 0 Å². The highest BCUT2D eigenvalue weighted by Crippen LogP contribution is 2.05. The van der Waals surface area contributed by atoms with Gasteiger partial charge in [-0.25, -0.2) is 0 Å². The maximum absolute atomic E-state index is 9.81. The molecule has 0 aliphatic heterocycles. The molecule has 0 aliphatic rings. The van der Waals surface area contributed by atoms with Crippen molar-refractivity contribution in [2.24, 2.45) is 0 Å². The van der Waals surface area contributed by atoms with Crippen LogP contribution in [-0.4, -0.2) is 74.9 Å². The van der Waals surface area contributed by atoms with Crippen LogP contribution in [0.15, 0.2) is 0 Å². The highest BCUT2D eigenvalue weighted by Gasteiger charge is 2.15. The van der Waals surface area contributed by atoms with Gasteiger partial charge in [-0.3, -0.25) is 9.80 Å². The van der Waals surface area contributed by atoms with Crippen LogP contribution in [-0.2, 0) is 9.47 Å². The molecular formula is C13H30N2O3. The average molecular weight is 262 g/mol. The van der Waals surface area contributed by atoms with E-state index in [0.717, 1.165) is 12.8 Å². The van der Waals surface area contributed by atoms with Crippen LogP contribution in [0.4, 0.5) is 0 Å². The lowest BCUT2D eigenvalue weighted by atomic mass is 10.3.